The molecule has 2 aliphatic heterocycles. The van der Waals surface area contributed by atoms with Gasteiger partial charge in [0.1, 0.15) is 5.56 Å². The van der Waals surface area contributed by atoms with Crippen LogP contribution in [0.2, 0.25) is 0 Å². The summed E-state index contributed by atoms with van der Waals surface area (Å²) in [5.41, 5.74) is 1.88. The third kappa shape index (κ3) is 2.52. The Morgan fingerprint density at radius 3 is 2.90 bits per heavy atom. The third-order valence-corrected chi connectivity index (χ3v) is 3.81. The highest BCUT2D eigenvalue weighted by Crippen LogP contribution is 2.22. The predicted molar refractivity (Wildman–Crippen MR) is 75.1 cm³/mol. The molecule has 0 bridgehead atoms. The molecule has 3 rings (SSSR count). The SMILES string of the molecule is COC(=O)c1c2n(cc(C3=CCOCC3)c1=O)CCOC2. The number of aromatic nitrogens is 1. The highest BCUT2D eigenvalue weighted by atomic mass is 16.5. The summed E-state index contributed by atoms with van der Waals surface area (Å²) in [5.74, 6) is -0.608. The van der Waals surface area contributed by atoms with Gasteiger partial charge in [0.25, 0.3) is 0 Å². The number of nitrogens with zero attached hydrogens (tertiary/aromatic N) is 1. The number of ether oxygens (including phenoxy) is 3. The standard InChI is InChI=1S/C15H17NO5/c1-19-15(18)13-12-9-21-7-4-16(12)8-11(14(13)17)10-2-5-20-6-3-10/h2,8H,3-7,9H2,1H3. The molecule has 0 N–H and O–H groups in total. The van der Waals surface area contributed by atoms with Crippen LogP contribution in [0.4, 0.5) is 0 Å². The van der Waals surface area contributed by atoms with Gasteiger partial charge < -0.3 is 18.8 Å². The predicted octanol–water partition coefficient (Wildman–Crippen LogP) is 0.969. The van der Waals surface area contributed by atoms with Crippen LogP contribution in [0.1, 0.15) is 28.0 Å². The van der Waals surface area contributed by atoms with Gasteiger partial charge in [-0.1, -0.05) is 6.08 Å². The average molecular weight is 291 g/mol. The molecular weight excluding hydrogens is 274 g/mol. The Hall–Kier alpha value is -1.92. The fourth-order valence-corrected chi connectivity index (χ4v) is 2.70. The number of methoxy groups -OCH3 is 1. The second kappa shape index (κ2) is 5.83. The van der Waals surface area contributed by atoms with Crippen molar-refractivity contribution in [1.29, 1.82) is 0 Å². The van der Waals surface area contributed by atoms with E-state index in [2.05, 4.69) is 0 Å². The van der Waals surface area contributed by atoms with Crippen LogP contribution in [0, 0.1) is 0 Å². The first kappa shape index (κ1) is 14.0. The van der Waals surface area contributed by atoms with Gasteiger partial charge in [-0.3, -0.25) is 4.79 Å². The summed E-state index contributed by atoms with van der Waals surface area (Å²) in [6.45, 7) is 2.52. The van der Waals surface area contributed by atoms with Crippen molar-refractivity contribution in [3.05, 3.63) is 39.3 Å². The summed E-state index contributed by atoms with van der Waals surface area (Å²) < 4.78 is 17.3. The fraction of sp³-hybridized carbons (Fsp3) is 0.467. The van der Waals surface area contributed by atoms with E-state index in [1.54, 1.807) is 0 Å². The van der Waals surface area contributed by atoms with Crippen molar-refractivity contribution >= 4 is 11.5 Å². The van der Waals surface area contributed by atoms with Crippen molar-refractivity contribution in [3.63, 3.8) is 0 Å². The average Bonchev–Trinajstić information content (AvgIpc) is 2.54. The zero-order chi connectivity index (χ0) is 14.8. The van der Waals surface area contributed by atoms with Crippen LogP contribution in [0.25, 0.3) is 5.57 Å². The Balaban J connectivity index is 2.20. The second-order valence-electron chi connectivity index (χ2n) is 4.99. The molecule has 0 fully saturated rings. The Bertz CT molecular complexity index is 659. The summed E-state index contributed by atoms with van der Waals surface area (Å²) >= 11 is 0. The smallest absolute Gasteiger partial charge is 0.343 e. The van der Waals surface area contributed by atoms with Gasteiger partial charge in [-0.15, -0.1) is 0 Å². The van der Waals surface area contributed by atoms with Crippen LogP contribution in [-0.4, -0.2) is 37.5 Å². The van der Waals surface area contributed by atoms with Crippen LogP contribution in [0.15, 0.2) is 17.1 Å². The summed E-state index contributed by atoms with van der Waals surface area (Å²) in [4.78, 5) is 24.7. The van der Waals surface area contributed by atoms with E-state index in [-0.39, 0.29) is 17.6 Å². The molecule has 112 valence electrons. The van der Waals surface area contributed by atoms with Crippen LogP contribution in [-0.2, 0) is 27.4 Å². The van der Waals surface area contributed by atoms with Crippen molar-refractivity contribution in [2.24, 2.45) is 0 Å². The molecule has 0 radical (unpaired) electrons. The van der Waals surface area contributed by atoms with E-state index in [9.17, 15) is 9.59 Å². The van der Waals surface area contributed by atoms with E-state index >= 15 is 0 Å². The first-order valence-corrected chi connectivity index (χ1v) is 6.92. The summed E-state index contributed by atoms with van der Waals surface area (Å²) in [7, 11) is 1.28. The molecule has 6 nitrogen and oxygen atoms in total. The molecular formula is C15H17NO5. The molecule has 0 amide bonds. The number of esters is 1. The number of rotatable bonds is 2. The van der Waals surface area contributed by atoms with E-state index in [4.69, 9.17) is 14.2 Å². The fourth-order valence-electron chi connectivity index (χ4n) is 2.70. The second-order valence-corrected chi connectivity index (χ2v) is 4.99. The molecule has 6 heteroatoms. The van der Waals surface area contributed by atoms with Crippen molar-refractivity contribution in [3.8, 4) is 0 Å². The van der Waals surface area contributed by atoms with Gasteiger partial charge in [0.2, 0.25) is 5.43 Å². The summed E-state index contributed by atoms with van der Waals surface area (Å²) in [6.07, 6.45) is 4.39. The lowest BCUT2D eigenvalue weighted by Gasteiger charge is -2.23. The third-order valence-electron chi connectivity index (χ3n) is 3.81. The van der Waals surface area contributed by atoms with E-state index in [1.807, 2.05) is 16.8 Å². The molecule has 0 aromatic carbocycles. The molecule has 1 aromatic heterocycles. The molecule has 0 spiro atoms. The number of hydrogen-bond donors (Lipinski definition) is 0. The first-order chi connectivity index (χ1) is 10.2. The maximum Gasteiger partial charge on any atom is 0.343 e. The molecule has 1 aromatic rings. The first-order valence-electron chi connectivity index (χ1n) is 6.92. The molecule has 0 saturated heterocycles. The van der Waals surface area contributed by atoms with Crippen LogP contribution >= 0.6 is 0 Å². The minimum atomic E-state index is -0.608. The maximum atomic E-state index is 12.7. The highest BCUT2D eigenvalue weighted by molar-refractivity contribution is 5.91. The lowest BCUT2D eigenvalue weighted by molar-refractivity contribution is 0.0565. The van der Waals surface area contributed by atoms with Crippen LogP contribution in [0.3, 0.4) is 0 Å². The monoisotopic (exact) mass is 291 g/mol. The van der Waals surface area contributed by atoms with E-state index in [0.29, 0.717) is 44.0 Å². The zero-order valence-electron chi connectivity index (χ0n) is 11.9. The Kier molecular flexibility index (Phi) is 3.90. The van der Waals surface area contributed by atoms with Crippen molar-refractivity contribution in [2.45, 2.75) is 19.6 Å². The van der Waals surface area contributed by atoms with Gasteiger partial charge in [-0.2, -0.15) is 0 Å². The molecule has 2 aliphatic rings. The minimum absolute atomic E-state index is 0.0853. The van der Waals surface area contributed by atoms with Gasteiger partial charge in [-0.25, -0.2) is 4.79 Å². The largest absolute Gasteiger partial charge is 0.465 e. The number of pyridine rings is 1. The normalized spacial score (nSPS) is 17.9. The van der Waals surface area contributed by atoms with Crippen LogP contribution in [0.5, 0.6) is 0 Å². The number of carbonyl (C=O) groups excluding carboxylic acids is 1. The Morgan fingerprint density at radius 1 is 1.33 bits per heavy atom. The van der Waals surface area contributed by atoms with Gasteiger partial charge in [0.15, 0.2) is 0 Å². The zero-order valence-corrected chi connectivity index (χ0v) is 11.9. The van der Waals surface area contributed by atoms with Gasteiger partial charge in [0.05, 0.1) is 39.2 Å². The molecule has 0 aliphatic carbocycles. The van der Waals surface area contributed by atoms with Crippen molar-refractivity contribution in [2.75, 3.05) is 26.9 Å². The number of hydrogen-bond acceptors (Lipinski definition) is 5. The molecule has 3 heterocycles. The minimum Gasteiger partial charge on any atom is -0.465 e. The van der Waals surface area contributed by atoms with Crippen molar-refractivity contribution < 1.29 is 19.0 Å². The van der Waals surface area contributed by atoms with E-state index in [0.717, 1.165) is 5.57 Å². The van der Waals surface area contributed by atoms with Gasteiger partial charge in [0, 0.05) is 18.3 Å². The topological polar surface area (TPSA) is 66.8 Å². The van der Waals surface area contributed by atoms with E-state index in [1.165, 1.54) is 7.11 Å². The quantitative estimate of drug-likeness (QED) is 0.760. The summed E-state index contributed by atoms with van der Waals surface area (Å²) in [6, 6.07) is 0. The Labute approximate surface area is 121 Å². The lowest BCUT2D eigenvalue weighted by Crippen LogP contribution is -2.31. The lowest BCUT2D eigenvalue weighted by atomic mass is 9.99. The highest BCUT2D eigenvalue weighted by Gasteiger charge is 2.25. The molecule has 21 heavy (non-hydrogen) atoms. The van der Waals surface area contributed by atoms with Gasteiger partial charge >= 0.3 is 5.97 Å². The number of fused-ring (bicyclic) bond motifs is 1. The molecule has 0 atom stereocenters. The van der Waals surface area contributed by atoms with E-state index < -0.39 is 5.97 Å². The summed E-state index contributed by atoms with van der Waals surface area (Å²) in [5, 5.41) is 0. The van der Waals surface area contributed by atoms with Crippen LogP contribution < -0.4 is 5.43 Å². The van der Waals surface area contributed by atoms with Crippen molar-refractivity contribution in [1.82, 2.24) is 4.57 Å². The van der Waals surface area contributed by atoms with Gasteiger partial charge in [-0.05, 0) is 12.0 Å². The molecule has 0 unspecified atom stereocenters. The number of carbonyl (C=O) groups is 1. The molecule has 0 saturated carbocycles. The Morgan fingerprint density at radius 2 is 2.19 bits per heavy atom. The maximum absolute atomic E-state index is 12.7.